The lowest BCUT2D eigenvalue weighted by Crippen LogP contribution is -2.41. The summed E-state index contributed by atoms with van der Waals surface area (Å²) in [6.45, 7) is 1.33. The zero-order valence-electron chi connectivity index (χ0n) is 16.3. The van der Waals surface area contributed by atoms with Crippen LogP contribution in [-0.4, -0.2) is 34.1 Å². The number of aromatic nitrogens is 2. The Morgan fingerprint density at radius 3 is 2.63 bits per heavy atom. The van der Waals surface area contributed by atoms with E-state index in [4.69, 9.17) is 0 Å². The number of carbonyl (C=O) groups is 1. The third-order valence-corrected chi connectivity index (χ3v) is 5.16. The fourth-order valence-corrected chi connectivity index (χ4v) is 3.60. The topological polar surface area (TPSA) is 101 Å². The van der Waals surface area contributed by atoms with Gasteiger partial charge in [0.25, 0.3) is 5.69 Å². The van der Waals surface area contributed by atoms with E-state index in [9.17, 15) is 14.9 Å². The number of benzene rings is 2. The summed E-state index contributed by atoms with van der Waals surface area (Å²) in [7, 11) is 0. The molecule has 0 radical (unpaired) electrons. The number of piperidine rings is 1. The average molecular weight is 403 g/mol. The maximum absolute atomic E-state index is 12.7. The van der Waals surface area contributed by atoms with Crippen LogP contribution in [-0.2, 0) is 4.79 Å². The molecule has 1 amide bonds. The van der Waals surface area contributed by atoms with Crippen molar-refractivity contribution < 1.29 is 9.72 Å². The highest BCUT2D eigenvalue weighted by Gasteiger charge is 2.27. The van der Waals surface area contributed by atoms with Crippen molar-refractivity contribution in [3.05, 3.63) is 76.8 Å². The quantitative estimate of drug-likeness (QED) is 0.512. The Labute approximate surface area is 173 Å². The van der Waals surface area contributed by atoms with Gasteiger partial charge in [0.05, 0.1) is 16.5 Å². The summed E-state index contributed by atoms with van der Waals surface area (Å²) in [4.78, 5) is 25.2. The average Bonchev–Trinajstić information content (AvgIpc) is 2.80. The van der Waals surface area contributed by atoms with Crippen LogP contribution < -0.4 is 10.2 Å². The van der Waals surface area contributed by atoms with Gasteiger partial charge in [0.15, 0.2) is 5.82 Å². The molecule has 152 valence electrons. The Morgan fingerprint density at radius 1 is 1.07 bits per heavy atom. The summed E-state index contributed by atoms with van der Waals surface area (Å²) in [6.07, 6.45) is 1.61. The molecule has 8 heteroatoms. The second-order valence-corrected chi connectivity index (χ2v) is 7.22. The van der Waals surface area contributed by atoms with Crippen molar-refractivity contribution in [3.8, 4) is 11.3 Å². The van der Waals surface area contributed by atoms with Gasteiger partial charge in [-0.15, -0.1) is 10.2 Å². The summed E-state index contributed by atoms with van der Waals surface area (Å²) >= 11 is 0. The molecule has 1 aromatic heterocycles. The number of rotatable bonds is 5. The van der Waals surface area contributed by atoms with Gasteiger partial charge in [-0.25, -0.2) is 0 Å². The molecule has 2 aromatic carbocycles. The summed E-state index contributed by atoms with van der Waals surface area (Å²) in [5.74, 6) is 0.366. The normalized spacial score (nSPS) is 16.1. The van der Waals surface area contributed by atoms with Crippen LogP contribution in [0.5, 0.6) is 0 Å². The van der Waals surface area contributed by atoms with E-state index in [-0.39, 0.29) is 17.5 Å². The van der Waals surface area contributed by atoms with Crippen LogP contribution in [0.2, 0.25) is 0 Å². The van der Waals surface area contributed by atoms with Gasteiger partial charge in [0, 0.05) is 36.5 Å². The van der Waals surface area contributed by atoms with Gasteiger partial charge < -0.3 is 10.2 Å². The summed E-state index contributed by atoms with van der Waals surface area (Å²) in [6, 6.07) is 19.7. The van der Waals surface area contributed by atoms with Crippen molar-refractivity contribution in [3.63, 3.8) is 0 Å². The third kappa shape index (κ3) is 4.43. The molecule has 4 rings (SSSR count). The number of carbonyl (C=O) groups excluding carboxylic acids is 1. The molecule has 1 aliphatic rings. The van der Waals surface area contributed by atoms with E-state index >= 15 is 0 Å². The van der Waals surface area contributed by atoms with Crippen LogP contribution >= 0.6 is 0 Å². The van der Waals surface area contributed by atoms with E-state index < -0.39 is 4.92 Å². The lowest BCUT2D eigenvalue weighted by Gasteiger charge is -2.32. The van der Waals surface area contributed by atoms with Crippen LogP contribution in [0.1, 0.15) is 12.8 Å². The highest BCUT2D eigenvalue weighted by Crippen LogP contribution is 2.25. The number of nitro benzene ring substituents is 1. The van der Waals surface area contributed by atoms with Crippen molar-refractivity contribution in [2.24, 2.45) is 5.92 Å². The number of amides is 1. The number of nitrogens with zero attached hydrogens (tertiary/aromatic N) is 4. The van der Waals surface area contributed by atoms with Gasteiger partial charge in [-0.05, 0) is 31.0 Å². The van der Waals surface area contributed by atoms with Gasteiger partial charge in [-0.3, -0.25) is 14.9 Å². The predicted octanol–water partition coefficient (Wildman–Crippen LogP) is 3.91. The first-order valence-corrected chi connectivity index (χ1v) is 9.79. The molecule has 0 spiro atoms. The fourth-order valence-electron chi connectivity index (χ4n) is 3.60. The molecule has 1 fully saturated rings. The molecule has 0 aliphatic carbocycles. The Kier molecular flexibility index (Phi) is 5.65. The molecule has 3 aromatic rings. The molecule has 1 N–H and O–H groups in total. The van der Waals surface area contributed by atoms with Gasteiger partial charge in [-0.1, -0.05) is 36.4 Å². The molecule has 0 bridgehead atoms. The second-order valence-electron chi connectivity index (χ2n) is 7.22. The van der Waals surface area contributed by atoms with E-state index in [0.29, 0.717) is 12.2 Å². The van der Waals surface area contributed by atoms with Crippen molar-refractivity contribution in [1.82, 2.24) is 10.2 Å². The number of anilines is 2. The van der Waals surface area contributed by atoms with Crippen LogP contribution in [0.4, 0.5) is 17.2 Å². The Bertz CT molecular complexity index is 1040. The number of nitrogens with one attached hydrogen (secondary N) is 1. The van der Waals surface area contributed by atoms with E-state index in [1.807, 2.05) is 42.5 Å². The monoisotopic (exact) mass is 403 g/mol. The zero-order chi connectivity index (χ0) is 20.9. The van der Waals surface area contributed by atoms with Crippen molar-refractivity contribution in [1.29, 1.82) is 0 Å². The van der Waals surface area contributed by atoms with Crippen LogP contribution in [0.15, 0.2) is 66.7 Å². The lowest BCUT2D eigenvalue weighted by atomic mass is 9.97. The van der Waals surface area contributed by atoms with Crippen molar-refractivity contribution >= 4 is 23.1 Å². The molecule has 8 nitrogen and oxygen atoms in total. The molecular formula is C22H21N5O3. The molecule has 2 heterocycles. The van der Waals surface area contributed by atoms with Crippen LogP contribution in [0.3, 0.4) is 0 Å². The number of nitro groups is 1. The van der Waals surface area contributed by atoms with Gasteiger partial charge in [-0.2, -0.15) is 0 Å². The first kappa shape index (κ1) is 19.5. The standard InChI is InChI=1S/C22H21N5O3/c28-22(23-18-9-4-10-19(14-18)27(29)30)17-8-5-13-26(15-17)21-12-11-20(24-25-21)16-6-2-1-3-7-16/h1-4,6-7,9-12,14,17H,5,8,13,15H2,(H,23,28). The van der Waals surface area contributed by atoms with E-state index in [0.717, 1.165) is 36.5 Å². The van der Waals surface area contributed by atoms with Crippen LogP contribution in [0.25, 0.3) is 11.3 Å². The summed E-state index contributed by atoms with van der Waals surface area (Å²) in [5.41, 5.74) is 2.19. The molecular weight excluding hydrogens is 382 g/mol. The molecule has 1 unspecified atom stereocenters. The minimum absolute atomic E-state index is 0.0492. The van der Waals surface area contributed by atoms with Crippen molar-refractivity contribution in [2.75, 3.05) is 23.3 Å². The maximum Gasteiger partial charge on any atom is 0.271 e. The zero-order valence-corrected chi connectivity index (χ0v) is 16.3. The van der Waals surface area contributed by atoms with Crippen molar-refractivity contribution in [2.45, 2.75) is 12.8 Å². The smallest absolute Gasteiger partial charge is 0.271 e. The van der Waals surface area contributed by atoms with E-state index in [2.05, 4.69) is 20.4 Å². The highest BCUT2D eigenvalue weighted by molar-refractivity contribution is 5.93. The lowest BCUT2D eigenvalue weighted by molar-refractivity contribution is -0.384. The maximum atomic E-state index is 12.7. The predicted molar refractivity (Wildman–Crippen MR) is 114 cm³/mol. The number of hydrogen-bond acceptors (Lipinski definition) is 6. The first-order valence-electron chi connectivity index (χ1n) is 9.79. The van der Waals surface area contributed by atoms with Gasteiger partial charge in [0.2, 0.25) is 5.91 Å². The van der Waals surface area contributed by atoms with Gasteiger partial charge >= 0.3 is 0 Å². The Morgan fingerprint density at radius 2 is 1.90 bits per heavy atom. The largest absolute Gasteiger partial charge is 0.354 e. The SMILES string of the molecule is O=C(Nc1cccc([N+](=O)[O-])c1)C1CCCN(c2ccc(-c3ccccc3)nn2)C1. The Hall–Kier alpha value is -3.81. The highest BCUT2D eigenvalue weighted by atomic mass is 16.6. The molecule has 1 aliphatic heterocycles. The Balaban J connectivity index is 1.42. The number of non-ortho nitro benzene ring substituents is 1. The van der Waals surface area contributed by atoms with E-state index in [1.54, 1.807) is 12.1 Å². The fraction of sp³-hybridized carbons (Fsp3) is 0.227. The minimum Gasteiger partial charge on any atom is -0.354 e. The minimum atomic E-state index is -0.476. The van der Waals surface area contributed by atoms with E-state index in [1.165, 1.54) is 12.1 Å². The van der Waals surface area contributed by atoms with Crippen LogP contribution in [0, 0.1) is 16.0 Å². The first-order chi connectivity index (χ1) is 14.6. The summed E-state index contributed by atoms with van der Waals surface area (Å²) < 4.78 is 0. The number of hydrogen-bond donors (Lipinski definition) is 1. The van der Waals surface area contributed by atoms with Gasteiger partial charge in [0.1, 0.15) is 0 Å². The molecule has 1 atom stereocenters. The third-order valence-electron chi connectivity index (χ3n) is 5.16. The molecule has 30 heavy (non-hydrogen) atoms. The molecule has 1 saturated heterocycles. The summed E-state index contributed by atoms with van der Waals surface area (Å²) in [5, 5.41) is 22.4. The second kappa shape index (κ2) is 8.69. The molecule has 0 saturated carbocycles.